The molecule has 0 spiro atoms. The molecule has 0 fully saturated rings. The van der Waals surface area contributed by atoms with Crippen molar-refractivity contribution in [3.63, 3.8) is 0 Å². The summed E-state index contributed by atoms with van der Waals surface area (Å²) >= 11 is 0. The lowest BCUT2D eigenvalue weighted by Crippen LogP contribution is -1.69. The van der Waals surface area contributed by atoms with E-state index >= 15 is 0 Å². The predicted molar refractivity (Wildman–Crippen MR) is 29.8 cm³/mol. The molecule has 1 heteroatoms. The molecule has 0 rings (SSSR count). The Kier molecular flexibility index (Phi) is 13.5. The Labute approximate surface area is 40.9 Å². The molecule has 0 bridgehead atoms. The van der Waals surface area contributed by atoms with Crippen molar-refractivity contribution in [2.45, 2.75) is 27.7 Å². The number of rotatable bonds is 0. The minimum Gasteiger partial charge on any atom is -0.300 e. The molecule has 0 aliphatic heterocycles. The van der Waals surface area contributed by atoms with Gasteiger partial charge >= 0.3 is 0 Å². The van der Waals surface area contributed by atoms with Gasteiger partial charge in [0.1, 0.15) is 5.78 Å². The Hall–Kier alpha value is -0.330. The van der Waals surface area contributed by atoms with E-state index in [0.29, 0.717) is 0 Å². The van der Waals surface area contributed by atoms with E-state index in [1.165, 1.54) is 13.8 Å². The highest BCUT2D eigenvalue weighted by Crippen LogP contribution is 1.50. The molecule has 0 atom stereocenters. The monoisotopic (exact) mass is 91.1 g/mol. The summed E-state index contributed by atoms with van der Waals surface area (Å²) in [6.07, 6.45) is 0. The first-order valence-corrected chi connectivity index (χ1v) is 2.20. The summed E-state index contributed by atoms with van der Waals surface area (Å²) < 4.78 is 0. The van der Waals surface area contributed by atoms with E-state index in [-0.39, 0.29) is 7.21 Å². The van der Waals surface area contributed by atoms with Crippen LogP contribution in [0.15, 0.2) is 0 Å². The average Bonchev–Trinajstić information content (AvgIpc) is 1.41. The Morgan fingerprint density at radius 2 is 1.33 bits per heavy atom. The topological polar surface area (TPSA) is 17.1 Å². The van der Waals surface area contributed by atoms with Gasteiger partial charge in [-0.2, -0.15) is 0 Å². The van der Waals surface area contributed by atoms with Crippen LogP contribution in [-0.2, 0) is 4.79 Å². The normalized spacial score (nSPS) is 5.33. The van der Waals surface area contributed by atoms with Gasteiger partial charge in [0.15, 0.2) is 0 Å². The first-order chi connectivity index (χ1) is 2.73. The number of hydrogen-bond acceptors (Lipinski definition) is 1. The lowest BCUT2D eigenvalue weighted by molar-refractivity contribution is -0.114. The smallest absolute Gasteiger partial charge is 0.126 e. The summed E-state index contributed by atoms with van der Waals surface area (Å²) in [6, 6.07) is 0. The van der Waals surface area contributed by atoms with Crippen LogP contribution in [0.3, 0.4) is 0 Å². The molecule has 40 valence electrons. The molecule has 1 nitrogen and oxygen atoms in total. The van der Waals surface area contributed by atoms with Gasteiger partial charge in [-0.25, -0.2) is 0 Å². The van der Waals surface area contributed by atoms with Gasteiger partial charge < -0.3 is 4.79 Å². The Morgan fingerprint density at radius 1 is 1.33 bits per heavy atom. The van der Waals surface area contributed by atoms with Crippen molar-refractivity contribution in [2.75, 3.05) is 0 Å². The van der Waals surface area contributed by atoms with Crippen LogP contribution in [0.5, 0.6) is 0 Å². The molecule has 0 saturated carbocycles. The third-order valence-electron chi connectivity index (χ3n) is 0. The maximum Gasteiger partial charge on any atom is 0.126 e. The molecule has 0 radical (unpaired) electrons. The molecule has 0 amide bonds. The molecule has 0 heterocycles. The van der Waals surface area contributed by atoms with E-state index in [1.54, 1.807) is 0 Å². The summed E-state index contributed by atoms with van der Waals surface area (Å²) in [5.74, 6) is 0.167. The molecule has 0 aliphatic rings. The largest absolute Gasteiger partial charge is 0.300 e. The first kappa shape index (κ1) is 9.18. The fourth-order valence-corrected chi connectivity index (χ4v) is 0. The number of hydrogen-bond donors (Lipinski definition) is 0. The first-order valence-electron chi connectivity index (χ1n) is 2.20. The van der Waals surface area contributed by atoms with Crippen LogP contribution >= 0.6 is 0 Å². The van der Waals surface area contributed by atoms with Gasteiger partial charge in [0, 0.05) is 1.43 Å². The number of ketones is 1. The summed E-state index contributed by atoms with van der Waals surface area (Å²) in [7, 11) is 0. The van der Waals surface area contributed by atoms with E-state index in [0.717, 1.165) is 0 Å². The highest BCUT2D eigenvalue weighted by Gasteiger charge is 1.62. The van der Waals surface area contributed by atoms with Gasteiger partial charge in [-0.15, -0.1) is 0 Å². The zero-order chi connectivity index (χ0) is 5.58. The van der Waals surface area contributed by atoms with Crippen molar-refractivity contribution >= 4 is 5.78 Å². The van der Waals surface area contributed by atoms with Crippen LogP contribution in [0.25, 0.3) is 0 Å². The van der Waals surface area contributed by atoms with Crippen molar-refractivity contribution in [3.8, 4) is 0 Å². The minimum atomic E-state index is 0. The van der Waals surface area contributed by atoms with E-state index in [4.69, 9.17) is 0 Å². The molecular formula is C5H14O. The number of Topliss-reactive ketones (excluding diaryl/α,β-unsaturated/α-hetero) is 1. The fraction of sp³-hybridized carbons (Fsp3) is 0.800. The Morgan fingerprint density at radius 3 is 1.33 bits per heavy atom. The van der Waals surface area contributed by atoms with E-state index < -0.39 is 0 Å². The zero-order valence-electron chi connectivity index (χ0n) is 4.91. The lowest BCUT2D eigenvalue weighted by Gasteiger charge is -1.56. The van der Waals surface area contributed by atoms with Crippen LogP contribution in [0.4, 0.5) is 0 Å². The van der Waals surface area contributed by atoms with Gasteiger partial charge in [0.05, 0.1) is 0 Å². The molecule has 0 saturated heterocycles. The molecule has 0 aromatic rings. The van der Waals surface area contributed by atoms with Crippen molar-refractivity contribution in [1.82, 2.24) is 0 Å². The van der Waals surface area contributed by atoms with Gasteiger partial charge in [0.25, 0.3) is 0 Å². The van der Waals surface area contributed by atoms with E-state index in [1.807, 2.05) is 13.8 Å². The SMILES string of the molecule is CC.CC(C)=O.[2HH]. The lowest BCUT2D eigenvalue weighted by atomic mass is 10.6. The quantitative estimate of drug-likeness (QED) is 0.444. The maximum atomic E-state index is 9.44. The highest BCUT2D eigenvalue weighted by molar-refractivity contribution is 5.72. The molecule has 0 aromatic carbocycles. The van der Waals surface area contributed by atoms with Gasteiger partial charge in [-0.3, -0.25) is 0 Å². The highest BCUT2D eigenvalue weighted by atomic mass is 16.1. The summed E-state index contributed by atoms with van der Waals surface area (Å²) in [5, 5.41) is 0. The summed E-state index contributed by atoms with van der Waals surface area (Å²) in [4.78, 5) is 9.44. The fourth-order valence-electron chi connectivity index (χ4n) is 0. The standard InChI is InChI=1S/C3H6O.C2H6.H2/c1-3(2)4;1-2;/h1-2H3;1-2H3;1H/i;;1+1. The molecule has 0 N–H and O–H groups in total. The third kappa shape index (κ3) is 240. The maximum absolute atomic E-state index is 9.44. The van der Waals surface area contributed by atoms with E-state index in [2.05, 4.69) is 0 Å². The van der Waals surface area contributed by atoms with Crippen molar-refractivity contribution in [1.29, 1.82) is 0 Å². The van der Waals surface area contributed by atoms with Crippen molar-refractivity contribution in [2.24, 2.45) is 0 Å². The molecule has 0 aliphatic carbocycles. The second-order valence-electron chi connectivity index (χ2n) is 0.908. The second-order valence-corrected chi connectivity index (χ2v) is 0.908. The minimum absolute atomic E-state index is 0. The zero-order valence-corrected chi connectivity index (χ0v) is 4.91. The Bertz CT molecular complexity index is 31.1. The van der Waals surface area contributed by atoms with Gasteiger partial charge in [0.2, 0.25) is 0 Å². The molecule has 0 unspecified atom stereocenters. The average molecular weight is 91.2 g/mol. The van der Waals surface area contributed by atoms with Gasteiger partial charge in [-0.05, 0) is 13.8 Å². The summed E-state index contributed by atoms with van der Waals surface area (Å²) in [6.45, 7) is 7.06. The van der Waals surface area contributed by atoms with Crippen molar-refractivity contribution < 1.29 is 6.22 Å². The second kappa shape index (κ2) is 8.82. The van der Waals surface area contributed by atoms with Crippen LogP contribution in [-0.4, -0.2) is 5.78 Å². The van der Waals surface area contributed by atoms with Crippen LogP contribution in [0.1, 0.15) is 29.1 Å². The van der Waals surface area contributed by atoms with E-state index in [9.17, 15) is 4.79 Å². The molecule has 6 heavy (non-hydrogen) atoms. The molecule has 0 aromatic heterocycles. The summed E-state index contributed by atoms with van der Waals surface area (Å²) in [5.41, 5.74) is 0. The Balaban J connectivity index is -0.0000000480. The number of carbonyl (C=O) groups excluding carboxylic acids is 1. The van der Waals surface area contributed by atoms with Crippen LogP contribution < -0.4 is 0 Å². The van der Waals surface area contributed by atoms with Gasteiger partial charge in [-0.1, -0.05) is 13.8 Å². The van der Waals surface area contributed by atoms with Crippen LogP contribution in [0.2, 0.25) is 0 Å². The predicted octanol–water partition coefficient (Wildman–Crippen LogP) is 1.87. The third-order valence-corrected chi connectivity index (χ3v) is 0. The van der Waals surface area contributed by atoms with Crippen molar-refractivity contribution in [3.05, 3.63) is 0 Å². The van der Waals surface area contributed by atoms with Crippen LogP contribution in [0, 0.1) is 0 Å². The number of carbonyl (C=O) groups is 1. The molecular weight excluding hydrogens is 76.1 g/mol.